The van der Waals surface area contributed by atoms with Crippen molar-refractivity contribution in [2.75, 3.05) is 13.6 Å². The minimum atomic E-state index is -3.49. The van der Waals surface area contributed by atoms with E-state index >= 15 is 0 Å². The van der Waals surface area contributed by atoms with Crippen LogP contribution < -0.4 is 10.0 Å². The number of rotatable bonds is 5. The van der Waals surface area contributed by atoms with E-state index < -0.39 is 10.0 Å². The predicted molar refractivity (Wildman–Crippen MR) is 69.9 cm³/mol. The van der Waals surface area contributed by atoms with E-state index in [1.165, 1.54) is 31.3 Å². The number of carbonyl (C=O) groups is 1. The number of carbonyl (C=O) groups excluding carboxylic acids is 1. The van der Waals surface area contributed by atoms with Crippen molar-refractivity contribution in [2.45, 2.75) is 18.7 Å². The fourth-order valence-corrected chi connectivity index (χ4v) is 2.50. The summed E-state index contributed by atoms with van der Waals surface area (Å²) in [6.45, 7) is 4.24. The van der Waals surface area contributed by atoms with E-state index in [1.807, 2.05) is 13.8 Å². The fraction of sp³-hybridized carbons (Fsp3) is 0.417. The van der Waals surface area contributed by atoms with Crippen molar-refractivity contribution in [1.82, 2.24) is 10.0 Å². The average molecular weight is 270 g/mol. The molecule has 1 aromatic carbocycles. The third kappa shape index (κ3) is 3.82. The highest BCUT2D eigenvalue weighted by atomic mass is 32.2. The molecule has 1 amide bonds. The summed E-state index contributed by atoms with van der Waals surface area (Å²) in [5, 5.41) is 2.48. The maximum atomic E-state index is 11.9. The number of benzene rings is 1. The van der Waals surface area contributed by atoms with Crippen LogP contribution in [0.1, 0.15) is 24.2 Å². The van der Waals surface area contributed by atoms with Crippen molar-refractivity contribution in [2.24, 2.45) is 5.92 Å². The summed E-state index contributed by atoms with van der Waals surface area (Å²) in [7, 11) is -1.96. The van der Waals surface area contributed by atoms with Crippen LogP contribution in [0.4, 0.5) is 0 Å². The molecule has 0 bridgehead atoms. The van der Waals surface area contributed by atoms with E-state index in [9.17, 15) is 13.2 Å². The predicted octanol–water partition coefficient (Wildman–Crippen LogP) is 0.980. The van der Waals surface area contributed by atoms with Crippen LogP contribution in [0.2, 0.25) is 0 Å². The quantitative estimate of drug-likeness (QED) is 0.837. The summed E-state index contributed by atoms with van der Waals surface area (Å²) < 4.78 is 26.3. The molecule has 1 rings (SSSR count). The first-order valence-electron chi connectivity index (χ1n) is 5.68. The third-order valence-electron chi connectivity index (χ3n) is 2.34. The molecule has 0 aromatic heterocycles. The molecule has 0 saturated heterocycles. The molecule has 0 fully saturated rings. The summed E-state index contributed by atoms with van der Waals surface area (Å²) >= 11 is 0. The van der Waals surface area contributed by atoms with Crippen LogP contribution in [0.25, 0.3) is 0 Å². The van der Waals surface area contributed by atoms with Crippen molar-refractivity contribution in [3.63, 3.8) is 0 Å². The lowest BCUT2D eigenvalue weighted by Crippen LogP contribution is -2.27. The Labute approximate surface area is 108 Å². The average Bonchev–Trinajstić information content (AvgIpc) is 2.36. The molecule has 0 spiro atoms. The number of hydrogen-bond donors (Lipinski definition) is 2. The van der Waals surface area contributed by atoms with Gasteiger partial charge in [0.1, 0.15) is 0 Å². The van der Waals surface area contributed by atoms with Crippen LogP contribution in [0.3, 0.4) is 0 Å². The Morgan fingerprint density at radius 2 is 1.78 bits per heavy atom. The number of amides is 1. The Morgan fingerprint density at radius 3 is 2.22 bits per heavy atom. The summed E-state index contributed by atoms with van der Waals surface area (Å²) in [6.07, 6.45) is 0. The van der Waals surface area contributed by atoms with Gasteiger partial charge in [0.2, 0.25) is 10.0 Å². The van der Waals surface area contributed by atoms with Gasteiger partial charge in [0.25, 0.3) is 5.91 Å². The second kappa shape index (κ2) is 5.97. The maximum absolute atomic E-state index is 11.9. The van der Waals surface area contributed by atoms with Crippen LogP contribution in [-0.2, 0) is 10.0 Å². The molecule has 100 valence electrons. The number of nitrogens with one attached hydrogen (secondary N) is 2. The fourth-order valence-electron chi connectivity index (χ4n) is 1.29. The molecule has 6 heteroatoms. The molecule has 5 nitrogen and oxygen atoms in total. The van der Waals surface area contributed by atoms with Crippen molar-refractivity contribution >= 4 is 15.9 Å². The van der Waals surface area contributed by atoms with Gasteiger partial charge in [-0.1, -0.05) is 13.8 Å². The van der Waals surface area contributed by atoms with E-state index in [1.54, 1.807) is 0 Å². The van der Waals surface area contributed by atoms with E-state index in [2.05, 4.69) is 10.0 Å². The molecule has 0 heterocycles. The van der Waals surface area contributed by atoms with Crippen LogP contribution in [0.5, 0.6) is 0 Å². The van der Waals surface area contributed by atoms with Crippen molar-refractivity contribution < 1.29 is 13.2 Å². The summed E-state index contributed by atoms with van der Waals surface area (Å²) in [6, 6.07) is 5.83. The molecule has 0 radical (unpaired) electrons. The minimum Gasteiger partial charge on any atom is -0.355 e. The van der Waals surface area contributed by atoms with Crippen molar-refractivity contribution in [1.29, 1.82) is 0 Å². The Balaban J connectivity index is 2.87. The van der Waals surface area contributed by atoms with Gasteiger partial charge in [-0.25, -0.2) is 13.1 Å². The highest BCUT2D eigenvalue weighted by Gasteiger charge is 2.14. The first-order chi connectivity index (χ1) is 8.36. The van der Waals surface area contributed by atoms with E-state index in [-0.39, 0.29) is 16.7 Å². The van der Waals surface area contributed by atoms with Gasteiger partial charge in [-0.15, -0.1) is 0 Å². The first-order valence-corrected chi connectivity index (χ1v) is 7.17. The normalized spacial score (nSPS) is 11.6. The standard InChI is InChI=1S/C12H18N2O3S/c1-9(2)8-14-18(16,17)11-6-4-10(5-7-11)12(15)13-3/h4-7,9,14H,8H2,1-3H3,(H,13,15). The molecular formula is C12H18N2O3S. The van der Waals surface area contributed by atoms with Crippen LogP contribution in [0.15, 0.2) is 29.2 Å². The monoisotopic (exact) mass is 270 g/mol. The molecule has 0 saturated carbocycles. The molecule has 2 N–H and O–H groups in total. The SMILES string of the molecule is CNC(=O)c1ccc(S(=O)(=O)NCC(C)C)cc1. The van der Waals surface area contributed by atoms with Gasteiger partial charge in [-0.2, -0.15) is 0 Å². The van der Waals surface area contributed by atoms with Crippen LogP contribution in [-0.4, -0.2) is 27.9 Å². The molecule has 0 aliphatic heterocycles. The third-order valence-corrected chi connectivity index (χ3v) is 3.77. The van der Waals surface area contributed by atoms with Crippen LogP contribution >= 0.6 is 0 Å². The Morgan fingerprint density at radius 1 is 1.22 bits per heavy atom. The Kier molecular flexibility index (Phi) is 4.86. The molecule has 0 aliphatic carbocycles. The highest BCUT2D eigenvalue weighted by molar-refractivity contribution is 7.89. The van der Waals surface area contributed by atoms with E-state index in [4.69, 9.17) is 0 Å². The zero-order chi connectivity index (χ0) is 13.8. The molecule has 0 unspecified atom stereocenters. The van der Waals surface area contributed by atoms with Gasteiger partial charge < -0.3 is 5.32 Å². The van der Waals surface area contributed by atoms with Gasteiger partial charge in [-0.3, -0.25) is 4.79 Å². The molecule has 0 aliphatic rings. The molecule has 18 heavy (non-hydrogen) atoms. The van der Waals surface area contributed by atoms with E-state index in [0.717, 1.165) is 0 Å². The zero-order valence-corrected chi connectivity index (χ0v) is 11.5. The summed E-state index contributed by atoms with van der Waals surface area (Å²) in [5.74, 6) is -0.000921. The molecule has 1 aromatic rings. The van der Waals surface area contributed by atoms with Crippen molar-refractivity contribution in [3.05, 3.63) is 29.8 Å². The zero-order valence-electron chi connectivity index (χ0n) is 10.7. The number of hydrogen-bond acceptors (Lipinski definition) is 3. The second-order valence-electron chi connectivity index (χ2n) is 4.35. The lowest BCUT2D eigenvalue weighted by Gasteiger charge is -2.09. The number of sulfonamides is 1. The lowest BCUT2D eigenvalue weighted by atomic mass is 10.2. The van der Waals surface area contributed by atoms with Crippen molar-refractivity contribution in [3.8, 4) is 0 Å². The van der Waals surface area contributed by atoms with Crippen LogP contribution in [0, 0.1) is 5.92 Å². The highest BCUT2D eigenvalue weighted by Crippen LogP contribution is 2.10. The topological polar surface area (TPSA) is 75.3 Å². The van der Waals surface area contributed by atoms with Gasteiger partial charge in [-0.05, 0) is 30.2 Å². The first kappa shape index (κ1) is 14.7. The van der Waals surface area contributed by atoms with E-state index in [0.29, 0.717) is 12.1 Å². The van der Waals surface area contributed by atoms with Gasteiger partial charge in [0.05, 0.1) is 4.90 Å². The maximum Gasteiger partial charge on any atom is 0.251 e. The largest absolute Gasteiger partial charge is 0.355 e. The summed E-state index contributed by atoms with van der Waals surface area (Å²) in [5.41, 5.74) is 0.431. The smallest absolute Gasteiger partial charge is 0.251 e. The Hall–Kier alpha value is -1.40. The second-order valence-corrected chi connectivity index (χ2v) is 6.12. The Bertz CT molecular complexity index is 507. The van der Waals surface area contributed by atoms with Gasteiger partial charge >= 0.3 is 0 Å². The van der Waals surface area contributed by atoms with Gasteiger partial charge in [0, 0.05) is 19.2 Å². The minimum absolute atomic E-state index is 0.163. The van der Waals surface area contributed by atoms with Gasteiger partial charge in [0.15, 0.2) is 0 Å². The molecular weight excluding hydrogens is 252 g/mol. The summed E-state index contributed by atoms with van der Waals surface area (Å²) in [4.78, 5) is 11.5. The molecule has 0 atom stereocenters. The lowest BCUT2D eigenvalue weighted by molar-refractivity contribution is 0.0963.